The predicted octanol–water partition coefficient (Wildman–Crippen LogP) is 2.59. The molecule has 0 aliphatic carbocycles. The number of carboxylic acids is 1. The number of hydrogen-bond acceptors (Lipinski definition) is 2. The quantitative estimate of drug-likeness (QED) is 0.830. The van der Waals surface area contributed by atoms with E-state index in [1.807, 2.05) is 20.8 Å². The molecule has 0 aromatic heterocycles. The van der Waals surface area contributed by atoms with Gasteiger partial charge in [-0.2, -0.15) is 0 Å². The van der Waals surface area contributed by atoms with Gasteiger partial charge in [-0.1, -0.05) is 26.0 Å². The van der Waals surface area contributed by atoms with Crippen molar-refractivity contribution in [3.8, 4) is 0 Å². The maximum absolute atomic E-state index is 12.8. The van der Waals surface area contributed by atoms with Gasteiger partial charge in [0.15, 0.2) is 0 Å². The molecule has 4 heteroatoms. The molecule has 2 unspecified atom stereocenters. The van der Waals surface area contributed by atoms with Gasteiger partial charge in [0.05, 0.1) is 0 Å². The summed E-state index contributed by atoms with van der Waals surface area (Å²) in [7, 11) is 0. The summed E-state index contributed by atoms with van der Waals surface area (Å²) in [5.74, 6) is -1.16. The Morgan fingerprint density at radius 2 is 1.76 bits per heavy atom. The topological polar surface area (TPSA) is 49.3 Å². The Bertz CT molecular complexity index is 376. The van der Waals surface area contributed by atoms with Crippen molar-refractivity contribution in [1.29, 1.82) is 0 Å². The lowest BCUT2D eigenvalue weighted by Crippen LogP contribution is -2.42. The molecule has 1 rings (SSSR count). The van der Waals surface area contributed by atoms with Crippen LogP contribution in [0.25, 0.3) is 0 Å². The van der Waals surface area contributed by atoms with Crippen LogP contribution in [0.5, 0.6) is 0 Å². The molecule has 0 heterocycles. The van der Waals surface area contributed by atoms with Crippen molar-refractivity contribution in [2.75, 3.05) is 0 Å². The molecule has 0 bridgehead atoms. The second-order valence-corrected chi connectivity index (χ2v) is 4.50. The molecule has 0 aliphatic heterocycles. The average Bonchev–Trinajstić information content (AvgIpc) is 2.25. The van der Waals surface area contributed by atoms with Crippen molar-refractivity contribution in [1.82, 2.24) is 5.32 Å². The van der Waals surface area contributed by atoms with Gasteiger partial charge >= 0.3 is 5.97 Å². The van der Waals surface area contributed by atoms with E-state index in [0.717, 1.165) is 5.56 Å². The maximum Gasteiger partial charge on any atom is 0.320 e. The number of hydrogen-bond donors (Lipinski definition) is 2. The van der Waals surface area contributed by atoms with Gasteiger partial charge in [-0.25, -0.2) is 4.39 Å². The molecule has 0 saturated carbocycles. The van der Waals surface area contributed by atoms with E-state index in [1.165, 1.54) is 12.1 Å². The van der Waals surface area contributed by atoms with E-state index in [-0.39, 0.29) is 17.8 Å². The van der Waals surface area contributed by atoms with Crippen LogP contribution in [-0.2, 0) is 4.79 Å². The molecule has 1 aromatic rings. The van der Waals surface area contributed by atoms with E-state index in [2.05, 4.69) is 5.32 Å². The van der Waals surface area contributed by atoms with E-state index in [9.17, 15) is 9.18 Å². The van der Waals surface area contributed by atoms with Gasteiger partial charge in [-0.3, -0.25) is 10.1 Å². The first-order valence-electron chi connectivity index (χ1n) is 5.66. The summed E-state index contributed by atoms with van der Waals surface area (Å²) in [6, 6.07) is 5.34. The highest BCUT2D eigenvalue weighted by Crippen LogP contribution is 2.15. The Balaban J connectivity index is 2.73. The highest BCUT2D eigenvalue weighted by atomic mass is 19.1. The van der Waals surface area contributed by atoms with Crippen LogP contribution in [0.15, 0.2) is 24.3 Å². The zero-order valence-corrected chi connectivity index (χ0v) is 10.3. The minimum Gasteiger partial charge on any atom is -0.480 e. The Kier molecular flexibility index (Phi) is 4.63. The lowest BCUT2D eigenvalue weighted by atomic mass is 10.0. The van der Waals surface area contributed by atoms with E-state index < -0.39 is 12.0 Å². The third-order valence-electron chi connectivity index (χ3n) is 2.73. The third-order valence-corrected chi connectivity index (χ3v) is 2.73. The molecule has 0 saturated heterocycles. The number of carbonyl (C=O) groups is 1. The van der Waals surface area contributed by atoms with Crippen LogP contribution >= 0.6 is 0 Å². The van der Waals surface area contributed by atoms with Crippen LogP contribution in [0.2, 0.25) is 0 Å². The molecule has 2 atom stereocenters. The van der Waals surface area contributed by atoms with Gasteiger partial charge in [0.25, 0.3) is 0 Å². The second kappa shape index (κ2) is 5.77. The van der Waals surface area contributed by atoms with Gasteiger partial charge in [0.1, 0.15) is 11.9 Å². The van der Waals surface area contributed by atoms with Crippen LogP contribution in [0.4, 0.5) is 4.39 Å². The van der Waals surface area contributed by atoms with Crippen LogP contribution < -0.4 is 5.32 Å². The summed E-state index contributed by atoms with van der Waals surface area (Å²) in [6.07, 6.45) is 0. The van der Waals surface area contributed by atoms with Gasteiger partial charge in [-0.05, 0) is 30.5 Å². The normalized spacial score (nSPS) is 14.6. The average molecular weight is 239 g/mol. The van der Waals surface area contributed by atoms with Gasteiger partial charge < -0.3 is 5.11 Å². The Labute approximate surface area is 101 Å². The summed E-state index contributed by atoms with van der Waals surface area (Å²) >= 11 is 0. The van der Waals surface area contributed by atoms with Crippen molar-refractivity contribution in [3.05, 3.63) is 35.6 Å². The standard InChI is InChI=1S/C13H18FNO2/c1-8(2)12(13(16)17)15-9(3)10-4-6-11(14)7-5-10/h4-9,12,15H,1-3H3,(H,16,17). The van der Waals surface area contributed by atoms with Crippen molar-refractivity contribution < 1.29 is 14.3 Å². The first kappa shape index (κ1) is 13.6. The number of aliphatic carboxylic acids is 1. The molecular weight excluding hydrogens is 221 g/mol. The highest BCUT2D eigenvalue weighted by molar-refractivity contribution is 5.73. The molecule has 0 fully saturated rings. The van der Waals surface area contributed by atoms with Crippen molar-refractivity contribution >= 4 is 5.97 Å². The van der Waals surface area contributed by atoms with Crippen molar-refractivity contribution in [2.45, 2.75) is 32.9 Å². The fraction of sp³-hybridized carbons (Fsp3) is 0.462. The zero-order chi connectivity index (χ0) is 13.0. The second-order valence-electron chi connectivity index (χ2n) is 4.50. The van der Waals surface area contributed by atoms with E-state index in [4.69, 9.17) is 5.11 Å². The molecule has 0 radical (unpaired) electrons. The van der Waals surface area contributed by atoms with E-state index >= 15 is 0 Å². The van der Waals surface area contributed by atoms with Crippen LogP contribution in [0.1, 0.15) is 32.4 Å². The Morgan fingerprint density at radius 1 is 1.24 bits per heavy atom. The molecule has 1 aromatic carbocycles. The van der Waals surface area contributed by atoms with Crippen molar-refractivity contribution in [3.63, 3.8) is 0 Å². The zero-order valence-electron chi connectivity index (χ0n) is 10.3. The largest absolute Gasteiger partial charge is 0.480 e. The predicted molar refractivity (Wildman–Crippen MR) is 64.2 cm³/mol. The van der Waals surface area contributed by atoms with Gasteiger partial charge in [-0.15, -0.1) is 0 Å². The molecule has 94 valence electrons. The fourth-order valence-corrected chi connectivity index (χ4v) is 1.67. The van der Waals surface area contributed by atoms with E-state index in [1.54, 1.807) is 12.1 Å². The molecule has 0 aliphatic rings. The van der Waals surface area contributed by atoms with E-state index in [0.29, 0.717) is 0 Å². The SMILES string of the molecule is CC(NC(C(=O)O)C(C)C)c1ccc(F)cc1. The maximum atomic E-state index is 12.8. The molecule has 3 nitrogen and oxygen atoms in total. The lowest BCUT2D eigenvalue weighted by molar-refractivity contribution is -0.140. The lowest BCUT2D eigenvalue weighted by Gasteiger charge is -2.23. The molecule has 17 heavy (non-hydrogen) atoms. The van der Waals surface area contributed by atoms with Crippen LogP contribution in [-0.4, -0.2) is 17.1 Å². The summed E-state index contributed by atoms with van der Waals surface area (Å²) < 4.78 is 12.8. The highest BCUT2D eigenvalue weighted by Gasteiger charge is 2.23. The monoisotopic (exact) mass is 239 g/mol. The Morgan fingerprint density at radius 3 is 2.18 bits per heavy atom. The molecular formula is C13H18FNO2. The first-order valence-corrected chi connectivity index (χ1v) is 5.66. The van der Waals surface area contributed by atoms with Crippen molar-refractivity contribution in [2.24, 2.45) is 5.92 Å². The molecule has 0 amide bonds. The fourth-order valence-electron chi connectivity index (χ4n) is 1.67. The number of halogens is 1. The van der Waals surface area contributed by atoms with Gasteiger partial charge in [0, 0.05) is 6.04 Å². The smallest absolute Gasteiger partial charge is 0.320 e. The number of benzene rings is 1. The molecule has 0 spiro atoms. The Hall–Kier alpha value is -1.42. The summed E-state index contributed by atoms with van der Waals surface area (Å²) in [6.45, 7) is 5.57. The number of carboxylic acid groups (broad SMARTS) is 1. The third kappa shape index (κ3) is 3.82. The first-order chi connectivity index (χ1) is 7.91. The minimum absolute atomic E-state index is 0.00426. The summed E-state index contributed by atoms with van der Waals surface area (Å²) in [5, 5.41) is 12.1. The van der Waals surface area contributed by atoms with Crippen LogP contribution in [0, 0.1) is 11.7 Å². The summed E-state index contributed by atoms with van der Waals surface area (Å²) in [4.78, 5) is 11.0. The summed E-state index contributed by atoms with van der Waals surface area (Å²) in [5.41, 5.74) is 0.873. The minimum atomic E-state index is -0.867. The van der Waals surface area contributed by atoms with Crippen LogP contribution in [0.3, 0.4) is 0 Å². The van der Waals surface area contributed by atoms with Gasteiger partial charge in [0.2, 0.25) is 0 Å². The molecule has 2 N–H and O–H groups in total. The number of rotatable bonds is 5. The number of nitrogens with one attached hydrogen (secondary N) is 1.